The van der Waals surface area contributed by atoms with Gasteiger partial charge in [0.25, 0.3) is 0 Å². The van der Waals surface area contributed by atoms with Crippen molar-refractivity contribution in [2.45, 2.75) is 45.2 Å². The minimum Gasteiger partial charge on any atom is -0.314 e. The minimum absolute atomic E-state index is 0.807. The van der Waals surface area contributed by atoms with Crippen molar-refractivity contribution in [2.24, 2.45) is 5.92 Å². The smallest absolute Gasteiger partial charge is 0.0221 e. The van der Waals surface area contributed by atoms with E-state index < -0.39 is 0 Å². The van der Waals surface area contributed by atoms with Crippen LogP contribution in [0.2, 0.25) is 0 Å². The zero-order valence-corrected chi connectivity index (χ0v) is 8.92. The van der Waals surface area contributed by atoms with Crippen LogP contribution in [0.25, 0.3) is 0 Å². The largest absolute Gasteiger partial charge is 0.314 e. The second-order valence-corrected chi connectivity index (χ2v) is 4.63. The lowest BCUT2D eigenvalue weighted by molar-refractivity contribution is 0.0199. The van der Waals surface area contributed by atoms with Crippen LogP contribution in [0.3, 0.4) is 0 Å². The van der Waals surface area contributed by atoms with Gasteiger partial charge in [-0.3, -0.25) is 4.90 Å². The molecule has 76 valence electrons. The molecule has 2 heteroatoms. The summed E-state index contributed by atoms with van der Waals surface area (Å²) in [7, 11) is 0. The number of rotatable bonds is 2. The minimum atomic E-state index is 0.807. The molecule has 1 saturated carbocycles. The van der Waals surface area contributed by atoms with Crippen molar-refractivity contribution in [1.29, 1.82) is 0 Å². The van der Waals surface area contributed by atoms with Gasteiger partial charge in [0.2, 0.25) is 0 Å². The highest BCUT2D eigenvalue weighted by Gasteiger charge is 2.36. The molecule has 1 N–H and O–H groups in total. The van der Waals surface area contributed by atoms with E-state index in [1.54, 1.807) is 0 Å². The summed E-state index contributed by atoms with van der Waals surface area (Å²) in [5.41, 5.74) is 0. The molecule has 13 heavy (non-hydrogen) atoms. The van der Waals surface area contributed by atoms with Crippen LogP contribution >= 0.6 is 0 Å². The first-order chi connectivity index (χ1) is 6.33. The molecule has 0 amide bonds. The molecule has 3 unspecified atom stereocenters. The van der Waals surface area contributed by atoms with E-state index >= 15 is 0 Å². The van der Waals surface area contributed by atoms with Gasteiger partial charge in [0.1, 0.15) is 0 Å². The van der Waals surface area contributed by atoms with Gasteiger partial charge in [0.15, 0.2) is 0 Å². The first-order valence-electron chi connectivity index (χ1n) is 5.79. The van der Waals surface area contributed by atoms with Crippen molar-refractivity contribution in [3.05, 3.63) is 0 Å². The zero-order chi connectivity index (χ0) is 9.26. The highest BCUT2D eigenvalue weighted by molar-refractivity contribution is 4.92. The van der Waals surface area contributed by atoms with Gasteiger partial charge in [-0.1, -0.05) is 13.8 Å². The van der Waals surface area contributed by atoms with Crippen LogP contribution in [0.15, 0.2) is 0 Å². The van der Waals surface area contributed by atoms with Gasteiger partial charge in [-0.2, -0.15) is 0 Å². The standard InChI is InChI=1S/C11H22N2/c1-3-10-8-12-6-7-13(10)11-5-4-9(11)2/h9-12H,3-8H2,1-2H3. The second-order valence-electron chi connectivity index (χ2n) is 4.63. The van der Waals surface area contributed by atoms with Crippen molar-refractivity contribution in [2.75, 3.05) is 19.6 Å². The summed E-state index contributed by atoms with van der Waals surface area (Å²) in [4.78, 5) is 2.75. The fourth-order valence-electron chi connectivity index (χ4n) is 2.73. The molecule has 0 spiro atoms. The molecule has 1 aliphatic heterocycles. The molecule has 2 aliphatic rings. The first-order valence-corrected chi connectivity index (χ1v) is 5.79. The summed E-state index contributed by atoms with van der Waals surface area (Å²) in [5.74, 6) is 0.951. The van der Waals surface area contributed by atoms with Crippen molar-refractivity contribution < 1.29 is 0 Å². The van der Waals surface area contributed by atoms with Crippen molar-refractivity contribution in [3.8, 4) is 0 Å². The van der Waals surface area contributed by atoms with E-state index in [0.717, 1.165) is 18.0 Å². The molecule has 0 aromatic rings. The quantitative estimate of drug-likeness (QED) is 0.695. The Morgan fingerprint density at radius 3 is 2.77 bits per heavy atom. The van der Waals surface area contributed by atoms with E-state index in [0.29, 0.717) is 0 Å². The molecule has 0 aromatic carbocycles. The average molecular weight is 182 g/mol. The molecule has 0 aromatic heterocycles. The molecule has 2 rings (SSSR count). The summed E-state index contributed by atoms with van der Waals surface area (Å²) in [6.07, 6.45) is 4.19. The summed E-state index contributed by atoms with van der Waals surface area (Å²) >= 11 is 0. The predicted octanol–water partition coefficient (Wildman–Crippen LogP) is 1.47. The van der Waals surface area contributed by atoms with Crippen LogP contribution in [-0.4, -0.2) is 36.6 Å². The molecule has 0 radical (unpaired) electrons. The Kier molecular flexibility index (Phi) is 2.89. The molecule has 0 bridgehead atoms. The van der Waals surface area contributed by atoms with Crippen LogP contribution < -0.4 is 5.32 Å². The van der Waals surface area contributed by atoms with E-state index in [2.05, 4.69) is 24.1 Å². The highest BCUT2D eigenvalue weighted by Crippen LogP contribution is 2.33. The Balaban J connectivity index is 1.94. The van der Waals surface area contributed by atoms with Gasteiger partial charge in [-0.15, -0.1) is 0 Å². The molecule has 1 saturated heterocycles. The molecule has 1 heterocycles. The molecule has 3 atom stereocenters. The summed E-state index contributed by atoms with van der Waals surface area (Å²) in [5, 5.41) is 3.49. The van der Waals surface area contributed by atoms with Crippen molar-refractivity contribution in [3.63, 3.8) is 0 Å². The monoisotopic (exact) mass is 182 g/mol. The maximum absolute atomic E-state index is 3.49. The van der Waals surface area contributed by atoms with E-state index in [1.807, 2.05) is 0 Å². The van der Waals surface area contributed by atoms with E-state index in [4.69, 9.17) is 0 Å². The van der Waals surface area contributed by atoms with Crippen LogP contribution in [0.1, 0.15) is 33.1 Å². The summed E-state index contributed by atoms with van der Waals surface area (Å²) in [6, 6.07) is 1.72. The first kappa shape index (κ1) is 9.47. The lowest BCUT2D eigenvalue weighted by Gasteiger charge is -2.48. The van der Waals surface area contributed by atoms with Crippen LogP contribution in [0.4, 0.5) is 0 Å². The number of nitrogens with one attached hydrogen (secondary N) is 1. The van der Waals surface area contributed by atoms with Gasteiger partial charge in [-0.05, 0) is 25.2 Å². The van der Waals surface area contributed by atoms with Gasteiger partial charge in [0, 0.05) is 31.7 Å². The Labute approximate surface area is 81.7 Å². The molecular formula is C11H22N2. The third kappa shape index (κ3) is 1.75. The van der Waals surface area contributed by atoms with Gasteiger partial charge in [-0.25, -0.2) is 0 Å². The third-order valence-corrected chi connectivity index (χ3v) is 3.87. The fraction of sp³-hybridized carbons (Fsp3) is 1.00. The maximum atomic E-state index is 3.49. The Bertz CT molecular complexity index is 165. The number of hydrogen-bond acceptors (Lipinski definition) is 2. The lowest BCUT2D eigenvalue weighted by atomic mass is 9.79. The summed E-state index contributed by atoms with van der Waals surface area (Å²) in [6.45, 7) is 8.39. The van der Waals surface area contributed by atoms with Gasteiger partial charge >= 0.3 is 0 Å². The van der Waals surface area contributed by atoms with E-state index in [9.17, 15) is 0 Å². The maximum Gasteiger partial charge on any atom is 0.0221 e. The Hall–Kier alpha value is -0.0800. The highest BCUT2D eigenvalue weighted by atomic mass is 15.2. The number of piperazine rings is 1. The van der Waals surface area contributed by atoms with Crippen LogP contribution in [0.5, 0.6) is 0 Å². The lowest BCUT2D eigenvalue weighted by Crippen LogP contribution is -2.58. The number of hydrogen-bond donors (Lipinski definition) is 1. The van der Waals surface area contributed by atoms with E-state index in [1.165, 1.54) is 38.9 Å². The zero-order valence-electron chi connectivity index (χ0n) is 8.92. The van der Waals surface area contributed by atoms with Gasteiger partial charge in [0.05, 0.1) is 0 Å². The van der Waals surface area contributed by atoms with Crippen molar-refractivity contribution in [1.82, 2.24) is 10.2 Å². The fourth-order valence-corrected chi connectivity index (χ4v) is 2.73. The van der Waals surface area contributed by atoms with Crippen molar-refractivity contribution >= 4 is 0 Å². The average Bonchev–Trinajstić information content (AvgIpc) is 2.16. The predicted molar refractivity (Wildman–Crippen MR) is 55.8 cm³/mol. The van der Waals surface area contributed by atoms with Crippen LogP contribution in [-0.2, 0) is 0 Å². The number of nitrogens with zero attached hydrogens (tertiary/aromatic N) is 1. The van der Waals surface area contributed by atoms with Crippen LogP contribution in [0, 0.1) is 5.92 Å². The Morgan fingerprint density at radius 2 is 2.23 bits per heavy atom. The molecule has 2 nitrogen and oxygen atoms in total. The third-order valence-electron chi connectivity index (χ3n) is 3.87. The topological polar surface area (TPSA) is 15.3 Å². The molecular weight excluding hydrogens is 160 g/mol. The second kappa shape index (κ2) is 3.97. The molecule has 1 aliphatic carbocycles. The normalized spacial score (nSPS) is 41.5. The summed E-state index contributed by atoms with van der Waals surface area (Å²) < 4.78 is 0. The van der Waals surface area contributed by atoms with Gasteiger partial charge < -0.3 is 5.32 Å². The molecule has 2 fully saturated rings. The Morgan fingerprint density at radius 1 is 1.38 bits per heavy atom. The van der Waals surface area contributed by atoms with E-state index in [-0.39, 0.29) is 0 Å². The SMILES string of the molecule is CCC1CNCCN1C1CCC1C.